The number of ether oxygens (including phenoxy) is 1. The third kappa shape index (κ3) is 3.64. The minimum atomic E-state index is 0.656. The quantitative estimate of drug-likeness (QED) is 0.838. The Labute approximate surface area is 122 Å². The van der Waals surface area contributed by atoms with Gasteiger partial charge < -0.3 is 15.4 Å². The molecule has 0 aromatic heterocycles. The van der Waals surface area contributed by atoms with Gasteiger partial charge in [-0.2, -0.15) is 0 Å². The summed E-state index contributed by atoms with van der Waals surface area (Å²) in [6.45, 7) is 6.71. The number of nitrogens with zero attached hydrogens (tertiary/aromatic N) is 2. The van der Waals surface area contributed by atoms with Crippen LogP contribution in [0.5, 0.6) is 5.75 Å². The topological polar surface area (TPSA) is 41.7 Å². The van der Waals surface area contributed by atoms with E-state index in [1.54, 1.807) is 7.11 Å². The second-order valence-electron chi connectivity index (χ2n) is 5.65. The van der Waals surface area contributed by atoms with Crippen molar-refractivity contribution in [2.24, 2.45) is 0 Å². The molecule has 0 amide bonds. The highest BCUT2D eigenvalue weighted by molar-refractivity contribution is 5.50. The Kier molecular flexibility index (Phi) is 5.26. The number of rotatable bonds is 5. The molecule has 4 heteroatoms. The van der Waals surface area contributed by atoms with Crippen LogP contribution in [0.2, 0.25) is 0 Å². The van der Waals surface area contributed by atoms with Crippen molar-refractivity contribution in [3.05, 3.63) is 23.8 Å². The van der Waals surface area contributed by atoms with Crippen LogP contribution in [0.3, 0.4) is 0 Å². The molecule has 1 heterocycles. The number of nitrogens with two attached hydrogens (primary N) is 1. The van der Waals surface area contributed by atoms with Gasteiger partial charge in [0.1, 0.15) is 5.75 Å². The van der Waals surface area contributed by atoms with Crippen LogP contribution >= 0.6 is 0 Å². The number of nitrogen functional groups attached to an aromatic ring is 1. The predicted molar refractivity (Wildman–Crippen MR) is 84.0 cm³/mol. The van der Waals surface area contributed by atoms with Gasteiger partial charge >= 0.3 is 0 Å². The SMILES string of the molecule is CCN1CCC(N(C)Cc2cc(OC)ccc2N)CC1. The first-order valence-corrected chi connectivity index (χ1v) is 7.49. The average molecular weight is 277 g/mol. The standard InChI is InChI=1S/C16H27N3O/c1-4-19-9-7-14(8-10-19)18(2)12-13-11-15(20-3)5-6-16(13)17/h5-6,11,14H,4,7-10,12,17H2,1-3H3. The van der Waals surface area contributed by atoms with Crippen molar-refractivity contribution in [1.29, 1.82) is 0 Å². The largest absolute Gasteiger partial charge is 0.497 e. The molecule has 0 atom stereocenters. The fourth-order valence-corrected chi connectivity index (χ4v) is 2.92. The summed E-state index contributed by atoms with van der Waals surface area (Å²) in [4.78, 5) is 4.95. The highest BCUT2D eigenvalue weighted by Gasteiger charge is 2.22. The minimum Gasteiger partial charge on any atom is -0.497 e. The van der Waals surface area contributed by atoms with Crippen molar-refractivity contribution < 1.29 is 4.74 Å². The van der Waals surface area contributed by atoms with Crippen molar-refractivity contribution >= 4 is 5.69 Å². The van der Waals surface area contributed by atoms with Crippen LogP contribution in [0.4, 0.5) is 5.69 Å². The molecule has 1 aromatic rings. The number of likely N-dealkylation sites (tertiary alicyclic amines) is 1. The third-order valence-electron chi connectivity index (χ3n) is 4.40. The number of hydrogen-bond donors (Lipinski definition) is 1. The zero-order valence-corrected chi connectivity index (χ0v) is 12.9. The molecule has 1 aliphatic rings. The van der Waals surface area contributed by atoms with Gasteiger partial charge in [-0.15, -0.1) is 0 Å². The van der Waals surface area contributed by atoms with Crippen molar-refractivity contribution in [3.8, 4) is 5.75 Å². The van der Waals surface area contributed by atoms with E-state index in [1.165, 1.54) is 32.5 Å². The molecule has 1 fully saturated rings. The van der Waals surface area contributed by atoms with Crippen molar-refractivity contribution in [2.75, 3.05) is 39.5 Å². The van der Waals surface area contributed by atoms with Gasteiger partial charge in [0, 0.05) is 18.3 Å². The molecule has 4 nitrogen and oxygen atoms in total. The number of anilines is 1. The summed E-state index contributed by atoms with van der Waals surface area (Å²) in [6, 6.07) is 6.55. The summed E-state index contributed by atoms with van der Waals surface area (Å²) in [7, 11) is 3.89. The Morgan fingerprint density at radius 1 is 1.35 bits per heavy atom. The molecule has 112 valence electrons. The minimum absolute atomic E-state index is 0.656. The van der Waals surface area contributed by atoms with E-state index in [0.717, 1.165) is 23.5 Å². The summed E-state index contributed by atoms with van der Waals surface area (Å²) in [5.41, 5.74) is 8.08. The smallest absolute Gasteiger partial charge is 0.119 e. The van der Waals surface area contributed by atoms with E-state index in [1.807, 2.05) is 18.2 Å². The summed E-state index contributed by atoms with van der Waals surface area (Å²) in [5, 5.41) is 0. The van der Waals surface area contributed by atoms with Gasteiger partial charge in [-0.25, -0.2) is 0 Å². The van der Waals surface area contributed by atoms with Crippen LogP contribution in [0.25, 0.3) is 0 Å². The zero-order valence-electron chi connectivity index (χ0n) is 12.9. The van der Waals surface area contributed by atoms with Gasteiger partial charge in [-0.1, -0.05) is 6.92 Å². The van der Waals surface area contributed by atoms with Crippen molar-refractivity contribution in [2.45, 2.75) is 32.4 Å². The number of methoxy groups -OCH3 is 1. The molecule has 0 bridgehead atoms. The molecule has 20 heavy (non-hydrogen) atoms. The lowest BCUT2D eigenvalue weighted by atomic mass is 10.0. The Balaban J connectivity index is 1.96. The van der Waals surface area contributed by atoms with E-state index >= 15 is 0 Å². The maximum absolute atomic E-state index is 6.08. The monoisotopic (exact) mass is 277 g/mol. The van der Waals surface area contributed by atoms with Gasteiger partial charge in [-0.05, 0) is 63.3 Å². The van der Waals surface area contributed by atoms with Crippen LogP contribution in [0, 0.1) is 0 Å². The molecule has 2 N–H and O–H groups in total. The lowest BCUT2D eigenvalue weighted by Crippen LogP contribution is -2.42. The summed E-state index contributed by atoms with van der Waals surface area (Å²) >= 11 is 0. The molecule has 0 spiro atoms. The van der Waals surface area contributed by atoms with Crippen LogP contribution in [-0.2, 0) is 6.54 Å². The maximum Gasteiger partial charge on any atom is 0.119 e. The molecule has 0 saturated carbocycles. The summed E-state index contributed by atoms with van der Waals surface area (Å²) in [5.74, 6) is 0.878. The summed E-state index contributed by atoms with van der Waals surface area (Å²) < 4.78 is 5.28. The third-order valence-corrected chi connectivity index (χ3v) is 4.40. The van der Waals surface area contributed by atoms with Crippen LogP contribution in [-0.4, -0.2) is 49.6 Å². The highest BCUT2D eigenvalue weighted by Crippen LogP contribution is 2.23. The van der Waals surface area contributed by atoms with E-state index in [9.17, 15) is 0 Å². The lowest BCUT2D eigenvalue weighted by Gasteiger charge is -2.36. The molecule has 0 radical (unpaired) electrons. The van der Waals surface area contributed by atoms with Crippen molar-refractivity contribution in [3.63, 3.8) is 0 Å². The van der Waals surface area contributed by atoms with E-state index in [0.29, 0.717) is 6.04 Å². The van der Waals surface area contributed by atoms with Gasteiger partial charge in [0.05, 0.1) is 7.11 Å². The number of piperidine rings is 1. The number of benzene rings is 1. The van der Waals surface area contributed by atoms with E-state index in [-0.39, 0.29) is 0 Å². The zero-order chi connectivity index (χ0) is 14.5. The first kappa shape index (κ1) is 15.1. The first-order chi connectivity index (χ1) is 9.63. The van der Waals surface area contributed by atoms with Crippen LogP contribution < -0.4 is 10.5 Å². The fraction of sp³-hybridized carbons (Fsp3) is 0.625. The van der Waals surface area contributed by atoms with Crippen molar-refractivity contribution in [1.82, 2.24) is 9.80 Å². The predicted octanol–water partition coefficient (Wildman–Crippen LogP) is 2.19. The summed E-state index contributed by atoms with van der Waals surface area (Å²) in [6.07, 6.45) is 2.49. The molecular formula is C16H27N3O. The average Bonchev–Trinajstić information content (AvgIpc) is 2.49. The normalized spacial score (nSPS) is 17.6. The maximum atomic E-state index is 6.08. The molecular weight excluding hydrogens is 250 g/mol. The van der Waals surface area contributed by atoms with Gasteiger partial charge in [0.2, 0.25) is 0 Å². The second kappa shape index (κ2) is 6.95. The highest BCUT2D eigenvalue weighted by atomic mass is 16.5. The molecule has 2 rings (SSSR count). The molecule has 1 aliphatic heterocycles. The van der Waals surface area contributed by atoms with Crippen LogP contribution in [0.1, 0.15) is 25.3 Å². The Bertz CT molecular complexity index is 428. The van der Waals surface area contributed by atoms with E-state index < -0.39 is 0 Å². The van der Waals surface area contributed by atoms with E-state index in [2.05, 4.69) is 23.8 Å². The molecule has 0 aliphatic carbocycles. The van der Waals surface area contributed by atoms with Gasteiger partial charge in [0.25, 0.3) is 0 Å². The fourth-order valence-electron chi connectivity index (χ4n) is 2.92. The lowest BCUT2D eigenvalue weighted by molar-refractivity contribution is 0.127. The van der Waals surface area contributed by atoms with Crippen LogP contribution in [0.15, 0.2) is 18.2 Å². The Hall–Kier alpha value is -1.26. The second-order valence-corrected chi connectivity index (χ2v) is 5.65. The van der Waals surface area contributed by atoms with E-state index in [4.69, 9.17) is 10.5 Å². The molecule has 1 aromatic carbocycles. The first-order valence-electron chi connectivity index (χ1n) is 7.49. The van der Waals surface area contributed by atoms with Gasteiger partial charge in [0.15, 0.2) is 0 Å². The Morgan fingerprint density at radius 3 is 2.65 bits per heavy atom. The molecule has 1 saturated heterocycles. The number of hydrogen-bond acceptors (Lipinski definition) is 4. The Morgan fingerprint density at radius 2 is 2.05 bits per heavy atom. The molecule has 0 unspecified atom stereocenters. The van der Waals surface area contributed by atoms with Gasteiger partial charge in [-0.3, -0.25) is 4.90 Å².